The summed E-state index contributed by atoms with van der Waals surface area (Å²) in [6, 6.07) is 9.98. The van der Waals surface area contributed by atoms with Crippen LogP contribution in [0, 0.1) is 11.6 Å². The fourth-order valence-corrected chi connectivity index (χ4v) is 12.9. The van der Waals surface area contributed by atoms with Crippen molar-refractivity contribution in [2.75, 3.05) is 24.7 Å². The quantitative estimate of drug-likeness (QED) is 0.0350. The van der Waals surface area contributed by atoms with Gasteiger partial charge in [-0.05, 0) is 49.7 Å². The maximum Gasteiger partial charge on any atom is 0.313 e. The Morgan fingerprint density at radius 3 is 2.31 bits per heavy atom. The highest BCUT2D eigenvalue weighted by Crippen LogP contribution is 2.55. The van der Waals surface area contributed by atoms with Crippen LogP contribution >= 0.6 is 46.5 Å². The molecule has 3 aliphatic rings. The first kappa shape index (κ1) is 41.8. The molecule has 0 radical (unpaired) electrons. The van der Waals surface area contributed by atoms with Gasteiger partial charge in [-0.1, -0.05) is 5.04 Å². The summed E-state index contributed by atoms with van der Waals surface area (Å²) in [5.74, 6) is -5.00. The summed E-state index contributed by atoms with van der Waals surface area (Å²) in [5, 5.41) is 22.5. The first-order valence-corrected chi connectivity index (χ1v) is 23.3. The van der Waals surface area contributed by atoms with Crippen LogP contribution in [0.15, 0.2) is 60.7 Å². The van der Waals surface area contributed by atoms with E-state index in [4.69, 9.17) is 14.3 Å². The number of fused-ring (bicyclic) bond motifs is 8. The van der Waals surface area contributed by atoms with Crippen LogP contribution < -0.4 is 24.8 Å². The average Bonchev–Trinajstić information content (AvgIpc) is 3.81. The molecule has 14 nitrogen and oxygen atoms in total. The van der Waals surface area contributed by atoms with E-state index in [0.717, 1.165) is 28.9 Å². The largest absolute Gasteiger partial charge is 0.744 e. The summed E-state index contributed by atoms with van der Waals surface area (Å²) in [6.07, 6.45) is 0. The first-order chi connectivity index (χ1) is 27.5. The second-order valence-electron chi connectivity index (χ2n) is 14.8. The second-order valence-corrected chi connectivity index (χ2v) is 21.9. The van der Waals surface area contributed by atoms with Crippen LogP contribution in [0.3, 0.4) is 0 Å². The van der Waals surface area contributed by atoms with Crippen molar-refractivity contribution in [2.24, 2.45) is 0 Å². The number of hydrogen-bond acceptors (Lipinski definition) is 15. The molecule has 2 aromatic heterocycles. The van der Waals surface area contributed by atoms with Gasteiger partial charge in [0.05, 0.1) is 44.1 Å². The van der Waals surface area contributed by atoms with Crippen molar-refractivity contribution in [1.82, 2.24) is 4.58 Å². The minimum absolute atomic E-state index is 0.0127. The molecule has 0 atom stereocenters. The van der Waals surface area contributed by atoms with Crippen molar-refractivity contribution in [3.8, 4) is 32.4 Å². The van der Waals surface area contributed by atoms with E-state index < -0.39 is 70.0 Å². The van der Waals surface area contributed by atoms with Crippen LogP contribution in [0.1, 0.15) is 49.9 Å². The molecule has 0 saturated heterocycles. The van der Waals surface area contributed by atoms with Gasteiger partial charge in [0.2, 0.25) is 5.36 Å². The number of aliphatic carboxylic acids is 1. The average molecular weight is 925 g/mol. The number of hydrogen-bond donors (Lipinski definition) is 3. The summed E-state index contributed by atoms with van der Waals surface area (Å²) in [4.78, 5) is 12.5. The zero-order valence-corrected chi connectivity index (χ0v) is 36.3. The number of nitrogens with zero attached hydrogens (tertiary/aromatic N) is 2. The third-order valence-corrected chi connectivity index (χ3v) is 17.2. The Kier molecular flexibility index (Phi) is 9.95. The molecule has 59 heavy (non-hydrogen) atoms. The monoisotopic (exact) mass is 924 g/mol. The molecule has 0 bridgehead atoms. The molecule has 8 rings (SSSR count). The van der Waals surface area contributed by atoms with Crippen molar-refractivity contribution < 1.29 is 64.0 Å². The van der Waals surface area contributed by atoms with Crippen molar-refractivity contribution >= 4 is 83.9 Å². The lowest BCUT2D eigenvalue weighted by molar-refractivity contribution is -0.432. The first-order valence-electron chi connectivity index (χ1n) is 17.1. The number of anilines is 1. The van der Waals surface area contributed by atoms with Gasteiger partial charge in [-0.3, -0.25) is 9.35 Å². The van der Waals surface area contributed by atoms with E-state index >= 15 is 8.78 Å². The number of ether oxygens (including phenoxy) is 1. The van der Waals surface area contributed by atoms with Gasteiger partial charge in [-0.2, -0.15) is 8.42 Å². The van der Waals surface area contributed by atoms with Gasteiger partial charge < -0.3 is 19.3 Å². The van der Waals surface area contributed by atoms with E-state index in [9.17, 15) is 35.8 Å². The van der Waals surface area contributed by atoms with Crippen molar-refractivity contribution in [3.63, 3.8) is 0 Å². The molecule has 310 valence electrons. The normalized spacial score (nSPS) is 16.1. The van der Waals surface area contributed by atoms with E-state index in [2.05, 4.69) is 5.04 Å². The minimum Gasteiger partial charge on any atom is -0.744 e. The molecule has 22 heteroatoms. The molecule has 3 aliphatic heterocycles. The SMILES string of the molecule is CN1c2cc3c(cc2-c2sc(SOOO)cc2C1(C)C)C(c1c(F)c(SCC(=O)O)cc(F)c1S(=O)(=O)[O-])=c1cc2c(cc1O3)=[N+](C)C(C)(C)c1cc(S(=O)(=O)O)sc1-2. The third-order valence-electron chi connectivity index (χ3n) is 11.0. The molecule has 0 unspecified atom stereocenters. The number of carboxylic acids is 1. The van der Waals surface area contributed by atoms with Crippen molar-refractivity contribution in [2.45, 2.75) is 57.0 Å². The van der Waals surface area contributed by atoms with Crippen LogP contribution in [0.25, 0.3) is 26.5 Å². The van der Waals surface area contributed by atoms with Crippen LogP contribution in [0.5, 0.6) is 11.5 Å². The lowest BCUT2D eigenvalue weighted by Gasteiger charge is -2.43. The standard InChI is InChI=1S/C37H30F2N2O12S6/c1-36(2)19-9-28(57-53-52-44)55-33(19)15-7-17-24(12-22(15)40(36)5)51-25-13-23-16(34-20(37(3,4)41(23)6)10-29(56-34)58(45,46)47)8-18(25)30(17)31-32(39)26(54-14-27(42)43)11-21(38)35(31)59(48,49)50/h7-13H,14H2,1-6H3,(H3-,42,43,44,45,46,47,48,49,50). The highest BCUT2D eigenvalue weighted by atomic mass is 32.3. The van der Waals surface area contributed by atoms with Gasteiger partial charge in [-0.15, -0.1) is 38.8 Å². The minimum atomic E-state index is -5.80. The Morgan fingerprint density at radius 1 is 0.966 bits per heavy atom. The number of benzene rings is 3. The van der Waals surface area contributed by atoms with Gasteiger partial charge in [0.25, 0.3) is 0 Å². The fourth-order valence-electron chi connectivity index (χ4n) is 7.67. The predicted molar refractivity (Wildman–Crippen MR) is 215 cm³/mol. The number of thiophene rings is 2. The Bertz CT molecular complexity index is 3070. The van der Waals surface area contributed by atoms with Gasteiger partial charge in [0, 0.05) is 75.5 Å². The predicted octanol–water partition coefficient (Wildman–Crippen LogP) is 6.59. The summed E-state index contributed by atoms with van der Waals surface area (Å²) < 4.78 is 121. The summed E-state index contributed by atoms with van der Waals surface area (Å²) in [7, 11) is -6.89. The fraction of sp³-hybridized carbons (Fsp3) is 0.243. The second kappa shape index (κ2) is 14.1. The molecule has 5 aromatic rings. The molecule has 0 spiro atoms. The summed E-state index contributed by atoms with van der Waals surface area (Å²) >= 11 is 3.15. The van der Waals surface area contributed by atoms with Crippen LogP contribution in [0.2, 0.25) is 0 Å². The molecular weight excluding hydrogens is 895 g/mol. The number of thioether (sulfide) groups is 1. The highest BCUT2D eigenvalue weighted by Gasteiger charge is 2.43. The topological polar surface area (TPSA) is 203 Å². The lowest BCUT2D eigenvalue weighted by atomic mass is 9.83. The molecule has 0 saturated carbocycles. The zero-order valence-electron chi connectivity index (χ0n) is 31.4. The summed E-state index contributed by atoms with van der Waals surface area (Å²) in [5.41, 5.74) is 0.0844. The van der Waals surface area contributed by atoms with Gasteiger partial charge >= 0.3 is 16.1 Å². The Morgan fingerprint density at radius 2 is 1.66 bits per heavy atom. The maximum absolute atomic E-state index is 17.2. The maximum atomic E-state index is 17.2. The van der Waals surface area contributed by atoms with Gasteiger partial charge in [0.1, 0.15) is 49.4 Å². The smallest absolute Gasteiger partial charge is 0.313 e. The molecule has 3 N–H and O–H groups in total. The Balaban J connectivity index is 1.55. The molecule has 0 amide bonds. The Hall–Kier alpha value is -3.94. The summed E-state index contributed by atoms with van der Waals surface area (Å²) in [6.45, 7) is 7.60. The van der Waals surface area contributed by atoms with E-state index in [1.807, 2.05) is 50.3 Å². The third kappa shape index (κ3) is 6.59. The van der Waals surface area contributed by atoms with Crippen LogP contribution in [-0.4, -0.2) is 62.1 Å². The van der Waals surface area contributed by atoms with Gasteiger partial charge in [-0.25, -0.2) is 27.0 Å². The Labute approximate surface area is 351 Å². The molecular formula is C37H30F2N2O12S6. The lowest BCUT2D eigenvalue weighted by Crippen LogP contribution is -2.46. The van der Waals surface area contributed by atoms with E-state index in [1.165, 1.54) is 23.5 Å². The molecule has 3 aromatic carbocycles. The van der Waals surface area contributed by atoms with Gasteiger partial charge in [0.15, 0.2) is 5.54 Å². The van der Waals surface area contributed by atoms with Crippen molar-refractivity contribution in [3.05, 3.63) is 86.9 Å². The van der Waals surface area contributed by atoms with Crippen molar-refractivity contribution in [1.29, 1.82) is 0 Å². The number of carboxylic acid groups (broad SMARTS) is 1. The molecule has 5 heterocycles. The van der Waals surface area contributed by atoms with E-state index in [-0.39, 0.29) is 32.1 Å². The molecule has 0 fully saturated rings. The highest BCUT2D eigenvalue weighted by molar-refractivity contribution is 8.00. The van der Waals surface area contributed by atoms with E-state index in [0.29, 0.717) is 59.5 Å². The number of carbonyl (C=O) groups is 1. The van der Waals surface area contributed by atoms with E-state index in [1.54, 1.807) is 25.2 Å². The number of halogens is 2. The number of rotatable bonds is 9. The molecule has 0 aliphatic carbocycles. The zero-order chi connectivity index (χ0) is 42.9. The van der Waals surface area contributed by atoms with Crippen LogP contribution in [-0.2, 0) is 45.5 Å². The van der Waals surface area contributed by atoms with Crippen LogP contribution in [0.4, 0.5) is 14.5 Å².